The first-order valence-corrected chi connectivity index (χ1v) is 6.72. The van der Waals surface area contributed by atoms with Crippen LogP contribution in [0.3, 0.4) is 0 Å². The lowest BCUT2D eigenvalue weighted by molar-refractivity contribution is 0.308. The summed E-state index contributed by atoms with van der Waals surface area (Å²) >= 11 is 0. The number of piperazine rings is 1. The number of rotatable bonds is 4. The van der Waals surface area contributed by atoms with Crippen molar-refractivity contribution >= 4 is 5.95 Å². The molecule has 0 radical (unpaired) electrons. The molecule has 8 heteroatoms. The van der Waals surface area contributed by atoms with Gasteiger partial charge in [-0.15, -0.1) is 0 Å². The molecule has 1 saturated heterocycles. The highest BCUT2D eigenvalue weighted by atomic mass is 16.5. The van der Waals surface area contributed by atoms with E-state index < -0.39 is 0 Å². The highest BCUT2D eigenvalue weighted by Gasteiger charge is 2.21. The quantitative estimate of drug-likeness (QED) is 0.797. The van der Waals surface area contributed by atoms with Gasteiger partial charge in [0.2, 0.25) is 5.89 Å². The summed E-state index contributed by atoms with van der Waals surface area (Å²) in [7, 11) is 2.11. The zero-order chi connectivity index (χ0) is 13.9. The number of nitrogens with one attached hydrogen (secondary N) is 1. The Morgan fingerprint density at radius 3 is 2.90 bits per heavy atom. The first-order chi connectivity index (χ1) is 9.72. The van der Waals surface area contributed by atoms with Gasteiger partial charge in [-0.2, -0.15) is 4.98 Å². The zero-order valence-corrected chi connectivity index (χ0v) is 11.5. The average Bonchev–Trinajstić information content (AvgIpc) is 3.10. The van der Waals surface area contributed by atoms with Crippen LogP contribution < -0.4 is 10.6 Å². The van der Waals surface area contributed by atoms with Gasteiger partial charge in [-0.05, 0) is 12.2 Å². The lowest BCUT2D eigenvalue weighted by Gasteiger charge is -2.31. The van der Waals surface area contributed by atoms with Crippen LogP contribution in [0.2, 0.25) is 0 Å². The second-order valence-electron chi connectivity index (χ2n) is 5.11. The van der Waals surface area contributed by atoms with Crippen molar-refractivity contribution in [1.82, 2.24) is 25.0 Å². The van der Waals surface area contributed by atoms with Crippen LogP contribution in [0.1, 0.15) is 17.6 Å². The third-order valence-corrected chi connectivity index (χ3v) is 3.53. The molecule has 3 rings (SSSR count). The molecule has 1 fully saturated rings. The van der Waals surface area contributed by atoms with E-state index in [4.69, 9.17) is 10.3 Å². The van der Waals surface area contributed by atoms with Gasteiger partial charge in [0, 0.05) is 44.5 Å². The number of anilines is 1. The molecule has 108 valence electrons. The predicted octanol–water partition coefficient (Wildman–Crippen LogP) is -0.213. The molecule has 20 heavy (non-hydrogen) atoms. The molecular weight excluding hydrogens is 258 g/mol. The van der Waals surface area contributed by atoms with E-state index in [1.807, 2.05) is 0 Å². The van der Waals surface area contributed by atoms with E-state index in [1.165, 1.54) is 0 Å². The van der Waals surface area contributed by atoms with Crippen molar-refractivity contribution in [2.24, 2.45) is 5.73 Å². The van der Waals surface area contributed by atoms with Crippen LogP contribution in [-0.2, 0) is 6.42 Å². The lowest BCUT2D eigenvalue weighted by atomic mass is 10.2. The molecule has 0 spiro atoms. The van der Waals surface area contributed by atoms with Gasteiger partial charge < -0.3 is 25.0 Å². The van der Waals surface area contributed by atoms with E-state index in [9.17, 15) is 0 Å². The summed E-state index contributed by atoms with van der Waals surface area (Å²) in [4.78, 5) is 15.8. The number of aromatic nitrogens is 4. The van der Waals surface area contributed by atoms with Crippen LogP contribution in [0.25, 0.3) is 0 Å². The summed E-state index contributed by atoms with van der Waals surface area (Å²) < 4.78 is 5.28. The number of nitrogens with zero attached hydrogens (tertiary/aromatic N) is 5. The molecule has 3 N–H and O–H groups in total. The van der Waals surface area contributed by atoms with Gasteiger partial charge in [0.25, 0.3) is 5.95 Å². The monoisotopic (exact) mass is 277 g/mol. The SMILES string of the molecule is CN1CCN(c2noc(C(N)Cc3cnc[nH]3)n2)CC1. The Labute approximate surface area is 117 Å². The minimum Gasteiger partial charge on any atom is -0.348 e. The summed E-state index contributed by atoms with van der Waals surface area (Å²) in [6, 6.07) is -0.316. The molecule has 0 bridgehead atoms. The first kappa shape index (κ1) is 13.1. The van der Waals surface area contributed by atoms with Crippen molar-refractivity contribution in [1.29, 1.82) is 0 Å². The number of nitrogens with two attached hydrogens (primary N) is 1. The Balaban J connectivity index is 1.64. The fraction of sp³-hybridized carbons (Fsp3) is 0.583. The zero-order valence-electron chi connectivity index (χ0n) is 11.5. The summed E-state index contributed by atoms with van der Waals surface area (Å²) in [5.41, 5.74) is 7.04. The van der Waals surface area contributed by atoms with E-state index in [0.717, 1.165) is 31.9 Å². The Bertz CT molecular complexity index is 530. The standard InChI is InChI=1S/C12H19N7O/c1-18-2-4-19(5-3-18)12-16-11(20-17-12)10(13)6-9-7-14-8-15-9/h7-8,10H,2-6,13H2,1H3,(H,14,15). The van der Waals surface area contributed by atoms with Crippen LogP contribution >= 0.6 is 0 Å². The van der Waals surface area contributed by atoms with Gasteiger partial charge in [-0.25, -0.2) is 4.98 Å². The number of hydrogen-bond donors (Lipinski definition) is 2. The van der Waals surface area contributed by atoms with Gasteiger partial charge in [0.15, 0.2) is 0 Å². The number of aromatic amines is 1. The molecule has 1 atom stereocenters. The minimum absolute atomic E-state index is 0.316. The van der Waals surface area contributed by atoms with Crippen LogP contribution in [0, 0.1) is 0 Å². The minimum atomic E-state index is -0.316. The van der Waals surface area contributed by atoms with Crippen molar-refractivity contribution in [3.05, 3.63) is 24.1 Å². The van der Waals surface area contributed by atoms with Gasteiger partial charge in [0.05, 0.1) is 12.4 Å². The second-order valence-corrected chi connectivity index (χ2v) is 5.11. The van der Waals surface area contributed by atoms with Crippen molar-refractivity contribution in [3.8, 4) is 0 Å². The Morgan fingerprint density at radius 1 is 1.40 bits per heavy atom. The number of hydrogen-bond acceptors (Lipinski definition) is 7. The van der Waals surface area contributed by atoms with Crippen LogP contribution in [0.15, 0.2) is 17.0 Å². The fourth-order valence-electron chi connectivity index (χ4n) is 2.23. The Morgan fingerprint density at radius 2 is 2.20 bits per heavy atom. The van der Waals surface area contributed by atoms with Gasteiger partial charge in [0.1, 0.15) is 0 Å². The van der Waals surface area contributed by atoms with Crippen molar-refractivity contribution in [2.75, 3.05) is 38.1 Å². The largest absolute Gasteiger partial charge is 0.348 e. The summed E-state index contributed by atoms with van der Waals surface area (Å²) in [5.74, 6) is 1.10. The molecule has 3 heterocycles. The van der Waals surface area contributed by atoms with Gasteiger partial charge >= 0.3 is 0 Å². The maximum atomic E-state index is 6.08. The fourth-order valence-corrected chi connectivity index (χ4v) is 2.23. The maximum Gasteiger partial charge on any atom is 0.266 e. The normalized spacial score (nSPS) is 18.4. The highest BCUT2D eigenvalue weighted by Crippen LogP contribution is 2.17. The molecule has 2 aromatic heterocycles. The third kappa shape index (κ3) is 2.81. The predicted molar refractivity (Wildman–Crippen MR) is 73.2 cm³/mol. The van der Waals surface area contributed by atoms with E-state index in [-0.39, 0.29) is 6.04 Å². The van der Waals surface area contributed by atoms with E-state index in [1.54, 1.807) is 12.5 Å². The lowest BCUT2D eigenvalue weighted by Crippen LogP contribution is -2.44. The first-order valence-electron chi connectivity index (χ1n) is 6.72. The topological polar surface area (TPSA) is 100 Å². The van der Waals surface area contributed by atoms with Gasteiger partial charge in [-0.1, -0.05) is 0 Å². The molecule has 1 unspecified atom stereocenters. The average molecular weight is 277 g/mol. The van der Waals surface area contributed by atoms with Crippen LogP contribution in [0.5, 0.6) is 0 Å². The smallest absolute Gasteiger partial charge is 0.266 e. The molecule has 1 aliphatic rings. The maximum absolute atomic E-state index is 6.08. The molecule has 2 aromatic rings. The van der Waals surface area contributed by atoms with Crippen LogP contribution in [-0.4, -0.2) is 58.2 Å². The summed E-state index contributed by atoms with van der Waals surface area (Å²) in [5, 5.41) is 4.03. The molecule has 0 aromatic carbocycles. The number of likely N-dealkylation sites (N-methyl/N-ethyl adjacent to an activating group) is 1. The number of imidazole rings is 1. The third-order valence-electron chi connectivity index (χ3n) is 3.53. The summed E-state index contributed by atoms with van der Waals surface area (Å²) in [6.07, 6.45) is 3.98. The Hall–Kier alpha value is -1.93. The van der Waals surface area contributed by atoms with E-state index >= 15 is 0 Å². The summed E-state index contributed by atoms with van der Waals surface area (Å²) in [6.45, 7) is 3.82. The van der Waals surface area contributed by atoms with Gasteiger partial charge in [-0.3, -0.25) is 0 Å². The molecule has 8 nitrogen and oxygen atoms in total. The van der Waals surface area contributed by atoms with Crippen molar-refractivity contribution in [3.63, 3.8) is 0 Å². The molecular formula is C12H19N7O. The molecule has 0 saturated carbocycles. The number of H-pyrrole nitrogens is 1. The van der Waals surface area contributed by atoms with Crippen LogP contribution in [0.4, 0.5) is 5.95 Å². The molecule has 0 amide bonds. The molecule has 0 aliphatic carbocycles. The van der Waals surface area contributed by atoms with Crippen molar-refractivity contribution < 1.29 is 4.52 Å². The second kappa shape index (κ2) is 5.59. The van der Waals surface area contributed by atoms with E-state index in [0.29, 0.717) is 18.3 Å². The van der Waals surface area contributed by atoms with Crippen molar-refractivity contribution in [2.45, 2.75) is 12.5 Å². The Kier molecular flexibility index (Phi) is 3.66. The highest BCUT2D eigenvalue weighted by molar-refractivity contribution is 5.29. The van der Waals surface area contributed by atoms with E-state index in [2.05, 4.69) is 37.0 Å². The molecule has 1 aliphatic heterocycles.